The summed E-state index contributed by atoms with van der Waals surface area (Å²) in [6.45, 7) is -1.67. The van der Waals surface area contributed by atoms with Gasteiger partial charge in [-0.25, -0.2) is 8.42 Å². The van der Waals surface area contributed by atoms with Crippen LogP contribution in [0.5, 0.6) is 0 Å². The third-order valence-electron chi connectivity index (χ3n) is 4.08. The number of halogens is 3. The fourth-order valence-corrected chi connectivity index (χ4v) is 4.50. The molecule has 1 fully saturated rings. The lowest BCUT2D eigenvalue weighted by molar-refractivity contribution is -0.187. The highest BCUT2D eigenvalue weighted by Gasteiger charge is 2.55. The van der Waals surface area contributed by atoms with Crippen molar-refractivity contribution in [3.63, 3.8) is 0 Å². The summed E-state index contributed by atoms with van der Waals surface area (Å²) in [5.41, 5.74) is 0.0276. The Morgan fingerprint density at radius 3 is 2.54 bits per heavy atom. The van der Waals surface area contributed by atoms with Gasteiger partial charge in [-0.3, -0.25) is 4.79 Å². The number of rotatable bonds is 3. The first-order valence-corrected chi connectivity index (χ1v) is 8.32. The summed E-state index contributed by atoms with van der Waals surface area (Å²) in [6.07, 6.45) is -3.53. The number of aliphatic carboxylic acids is 1. The zero-order chi connectivity index (χ0) is 17.7. The molecular formula is C14H12F3NO5S. The van der Waals surface area contributed by atoms with Crippen LogP contribution in [0.2, 0.25) is 0 Å². The van der Waals surface area contributed by atoms with Crippen LogP contribution in [0.4, 0.5) is 13.2 Å². The number of fused-ring (bicyclic) bond motifs is 1. The topological polar surface area (TPSA) is 87.8 Å². The first kappa shape index (κ1) is 16.8. The van der Waals surface area contributed by atoms with E-state index in [4.69, 9.17) is 9.52 Å². The van der Waals surface area contributed by atoms with Gasteiger partial charge in [0, 0.05) is 18.5 Å². The third kappa shape index (κ3) is 2.65. The van der Waals surface area contributed by atoms with E-state index in [2.05, 4.69) is 0 Å². The van der Waals surface area contributed by atoms with Gasteiger partial charge in [-0.2, -0.15) is 17.5 Å². The summed E-state index contributed by atoms with van der Waals surface area (Å²) >= 11 is 0. The van der Waals surface area contributed by atoms with Gasteiger partial charge in [0.15, 0.2) is 5.58 Å². The van der Waals surface area contributed by atoms with E-state index >= 15 is 0 Å². The molecule has 0 spiro atoms. The number of hydrogen-bond donors (Lipinski definition) is 1. The standard InChI is InChI=1S/C14H12F3NO5S/c15-14(16,17)10-7-18(6-9(10)13(19)20)24(21,22)11-3-1-2-8-4-5-23-12(8)11/h1-5,9-10H,6-7H2,(H,19,20)/t9-,10-/m1/s1. The maximum absolute atomic E-state index is 13.0. The van der Waals surface area contributed by atoms with Crippen LogP contribution in [0.15, 0.2) is 39.8 Å². The summed E-state index contributed by atoms with van der Waals surface area (Å²) < 4.78 is 70.2. The lowest BCUT2D eigenvalue weighted by Crippen LogP contribution is -2.34. The van der Waals surface area contributed by atoms with Crippen LogP contribution in [0.25, 0.3) is 11.0 Å². The first-order chi connectivity index (χ1) is 11.1. The SMILES string of the molecule is O=C(O)[C@@H]1CN(S(=O)(=O)c2cccc3ccoc23)C[C@H]1C(F)(F)F. The molecule has 2 heterocycles. The van der Waals surface area contributed by atoms with Crippen molar-refractivity contribution in [1.82, 2.24) is 4.31 Å². The van der Waals surface area contributed by atoms with Crippen molar-refractivity contribution in [2.24, 2.45) is 11.8 Å². The zero-order valence-electron chi connectivity index (χ0n) is 12.0. The van der Waals surface area contributed by atoms with Gasteiger partial charge in [0.2, 0.25) is 10.0 Å². The molecule has 0 saturated carbocycles. The van der Waals surface area contributed by atoms with Gasteiger partial charge in [0.25, 0.3) is 0 Å². The van der Waals surface area contributed by atoms with Crippen molar-refractivity contribution < 1.29 is 35.9 Å². The first-order valence-electron chi connectivity index (χ1n) is 6.88. The van der Waals surface area contributed by atoms with Crippen molar-refractivity contribution in [3.8, 4) is 0 Å². The molecule has 10 heteroatoms. The van der Waals surface area contributed by atoms with Gasteiger partial charge < -0.3 is 9.52 Å². The Morgan fingerprint density at radius 1 is 1.25 bits per heavy atom. The highest BCUT2D eigenvalue weighted by atomic mass is 32.2. The Hall–Kier alpha value is -2.07. The maximum atomic E-state index is 13.0. The Labute approximate surface area is 134 Å². The molecule has 1 aromatic heterocycles. The van der Waals surface area contributed by atoms with Gasteiger partial charge in [0.05, 0.1) is 18.1 Å². The average Bonchev–Trinajstić information content (AvgIpc) is 3.13. The van der Waals surface area contributed by atoms with E-state index < -0.39 is 47.1 Å². The third-order valence-corrected chi connectivity index (χ3v) is 5.94. The normalized spacial score (nSPS) is 23.0. The molecule has 1 aliphatic rings. The van der Waals surface area contributed by atoms with Crippen LogP contribution in [0.1, 0.15) is 0 Å². The largest absolute Gasteiger partial charge is 0.481 e. The summed E-state index contributed by atoms with van der Waals surface area (Å²) in [5.74, 6) is -5.76. The monoisotopic (exact) mass is 363 g/mol. The minimum Gasteiger partial charge on any atom is -0.481 e. The molecule has 24 heavy (non-hydrogen) atoms. The Bertz CT molecular complexity index is 889. The van der Waals surface area contributed by atoms with Crippen LogP contribution in [0.3, 0.4) is 0 Å². The van der Waals surface area contributed by atoms with E-state index in [0.29, 0.717) is 9.69 Å². The minimum absolute atomic E-state index is 0.0276. The van der Waals surface area contributed by atoms with Crippen molar-refractivity contribution in [2.75, 3.05) is 13.1 Å². The lowest BCUT2D eigenvalue weighted by Gasteiger charge is -2.18. The smallest absolute Gasteiger partial charge is 0.393 e. The molecule has 2 atom stereocenters. The van der Waals surface area contributed by atoms with Crippen molar-refractivity contribution in [1.29, 1.82) is 0 Å². The van der Waals surface area contributed by atoms with Gasteiger partial charge in [-0.15, -0.1) is 0 Å². The number of para-hydroxylation sites is 1. The highest BCUT2D eigenvalue weighted by molar-refractivity contribution is 7.89. The van der Waals surface area contributed by atoms with Crippen LogP contribution >= 0.6 is 0 Å². The maximum Gasteiger partial charge on any atom is 0.393 e. The Morgan fingerprint density at radius 2 is 1.96 bits per heavy atom. The molecule has 1 aromatic carbocycles. The number of furan rings is 1. The number of alkyl halides is 3. The van der Waals surface area contributed by atoms with Crippen LogP contribution in [0, 0.1) is 11.8 Å². The van der Waals surface area contributed by atoms with Crippen molar-refractivity contribution >= 4 is 27.0 Å². The minimum atomic E-state index is -4.80. The van der Waals surface area contributed by atoms with Crippen LogP contribution < -0.4 is 0 Å². The summed E-state index contributed by atoms with van der Waals surface area (Å²) in [6, 6.07) is 5.78. The average molecular weight is 363 g/mol. The number of carboxylic acids is 1. The van der Waals surface area contributed by atoms with Gasteiger partial charge in [-0.1, -0.05) is 12.1 Å². The van der Waals surface area contributed by atoms with E-state index in [-0.39, 0.29) is 10.5 Å². The summed E-state index contributed by atoms with van der Waals surface area (Å²) in [7, 11) is -4.32. The summed E-state index contributed by atoms with van der Waals surface area (Å²) in [5, 5.41) is 9.48. The Kier molecular flexibility index (Phi) is 3.83. The number of nitrogens with zero attached hydrogens (tertiary/aromatic N) is 1. The second-order valence-corrected chi connectivity index (χ2v) is 7.42. The molecule has 0 amide bonds. The zero-order valence-corrected chi connectivity index (χ0v) is 12.8. The second-order valence-electron chi connectivity index (χ2n) is 5.51. The molecule has 1 aliphatic heterocycles. The molecule has 1 saturated heterocycles. The quantitative estimate of drug-likeness (QED) is 0.904. The van der Waals surface area contributed by atoms with E-state index in [1.54, 1.807) is 6.07 Å². The molecule has 0 aliphatic carbocycles. The predicted octanol–water partition coefficient (Wildman–Crippen LogP) is 2.32. The molecule has 3 rings (SSSR count). The molecule has 6 nitrogen and oxygen atoms in total. The van der Waals surface area contributed by atoms with Crippen LogP contribution in [-0.2, 0) is 14.8 Å². The molecule has 130 valence electrons. The number of benzene rings is 1. The lowest BCUT2D eigenvalue weighted by atomic mass is 9.96. The number of hydrogen-bond acceptors (Lipinski definition) is 4. The van der Waals surface area contributed by atoms with E-state index in [0.717, 1.165) is 0 Å². The predicted molar refractivity (Wildman–Crippen MR) is 75.6 cm³/mol. The summed E-state index contributed by atoms with van der Waals surface area (Å²) in [4.78, 5) is 10.8. The van der Waals surface area contributed by atoms with Gasteiger partial charge in [-0.05, 0) is 12.1 Å². The van der Waals surface area contributed by atoms with Crippen molar-refractivity contribution in [2.45, 2.75) is 11.1 Å². The van der Waals surface area contributed by atoms with Crippen LogP contribution in [-0.4, -0.2) is 43.1 Å². The number of sulfonamides is 1. The van der Waals surface area contributed by atoms with Gasteiger partial charge in [0.1, 0.15) is 4.90 Å². The second kappa shape index (κ2) is 5.49. The van der Waals surface area contributed by atoms with E-state index in [1.165, 1.54) is 24.5 Å². The molecule has 1 N–H and O–H groups in total. The van der Waals surface area contributed by atoms with Gasteiger partial charge >= 0.3 is 12.1 Å². The Balaban J connectivity index is 2.02. The number of carboxylic acid groups (broad SMARTS) is 1. The van der Waals surface area contributed by atoms with E-state index in [1.807, 2.05) is 0 Å². The highest BCUT2D eigenvalue weighted by Crippen LogP contribution is 2.40. The molecule has 2 aromatic rings. The van der Waals surface area contributed by atoms with Crippen molar-refractivity contribution in [3.05, 3.63) is 30.5 Å². The fraction of sp³-hybridized carbons (Fsp3) is 0.357. The molecule has 0 bridgehead atoms. The fourth-order valence-electron chi connectivity index (χ4n) is 2.85. The van der Waals surface area contributed by atoms with E-state index in [9.17, 15) is 26.4 Å². The molecular weight excluding hydrogens is 351 g/mol. The molecule has 0 unspecified atom stereocenters. The molecule has 0 radical (unpaired) electrons. The number of carbonyl (C=O) groups is 1.